The number of hydrogen-bond donors (Lipinski definition) is 2. The lowest BCUT2D eigenvalue weighted by Gasteiger charge is -2.10. The molecule has 0 spiro atoms. The largest absolute Gasteiger partial charge is 0.350 e. The Bertz CT molecular complexity index is 455. The number of Topliss-reactive ketones (excluding diaryl/α,β-unsaturated/α-hetero) is 1. The van der Waals surface area contributed by atoms with Gasteiger partial charge in [0.25, 0.3) is 0 Å². The van der Waals surface area contributed by atoms with Gasteiger partial charge in [-0.1, -0.05) is 37.3 Å². The van der Waals surface area contributed by atoms with Crippen molar-refractivity contribution in [1.82, 2.24) is 5.43 Å². The van der Waals surface area contributed by atoms with E-state index >= 15 is 0 Å². The number of benzene rings is 1. The maximum Gasteiger partial charge on any atom is 0.332 e. The lowest BCUT2D eigenvalue weighted by atomic mass is 9.95. The molecule has 0 aliphatic carbocycles. The number of primary amides is 1. The summed E-state index contributed by atoms with van der Waals surface area (Å²) in [6.45, 7) is 3.39. The normalized spacial score (nSPS) is 12.9. The zero-order chi connectivity index (χ0) is 13.5. The smallest absolute Gasteiger partial charge is 0.332 e. The summed E-state index contributed by atoms with van der Waals surface area (Å²) in [5.74, 6) is -0.293. The van der Waals surface area contributed by atoms with Crippen LogP contribution >= 0.6 is 0 Å². The van der Waals surface area contributed by atoms with Crippen LogP contribution in [0.15, 0.2) is 35.4 Å². The highest BCUT2D eigenvalue weighted by Crippen LogP contribution is 2.09. The number of urea groups is 1. The van der Waals surface area contributed by atoms with Crippen molar-refractivity contribution in [2.75, 3.05) is 0 Å². The van der Waals surface area contributed by atoms with E-state index in [4.69, 9.17) is 5.73 Å². The van der Waals surface area contributed by atoms with E-state index in [1.165, 1.54) is 0 Å². The lowest BCUT2D eigenvalue weighted by Crippen LogP contribution is -2.29. The van der Waals surface area contributed by atoms with E-state index in [2.05, 4.69) is 10.5 Å². The fourth-order valence-corrected chi connectivity index (χ4v) is 1.61. The first-order valence-corrected chi connectivity index (χ1v) is 5.68. The molecule has 1 aromatic carbocycles. The minimum Gasteiger partial charge on any atom is -0.350 e. The molecule has 0 radical (unpaired) electrons. The molecule has 0 saturated heterocycles. The Kier molecular flexibility index (Phi) is 5.05. The molecule has 5 heteroatoms. The first-order valence-electron chi connectivity index (χ1n) is 5.68. The van der Waals surface area contributed by atoms with Crippen molar-refractivity contribution in [2.45, 2.75) is 20.3 Å². The number of ketones is 1. The van der Waals surface area contributed by atoms with Crippen LogP contribution in [0.5, 0.6) is 0 Å². The summed E-state index contributed by atoms with van der Waals surface area (Å²) in [6, 6.07) is 8.96. The fraction of sp³-hybridized carbons (Fsp3) is 0.308. The van der Waals surface area contributed by atoms with Crippen LogP contribution in [0.25, 0.3) is 0 Å². The Hall–Kier alpha value is -2.17. The molecule has 0 bridgehead atoms. The zero-order valence-corrected chi connectivity index (χ0v) is 10.5. The van der Waals surface area contributed by atoms with Crippen LogP contribution in [0, 0.1) is 5.92 Å². The summed E-state index contributed by atoms with van der Waals surface area (Å²) in [4.78, 5) is 22.4. The molecule has 2 amide bonds. The van der Waals surface area contributed by atoms with Gasteiger partial charge in [-0.15, -0.1) is 0 Å². The molecule has 0 fully saturated rings. The van der Waals surface area contributed by atoms with Crippen LogP contribution < -0.4 is 11.2 Å². The van der Waals surface area contributed by atoms with Gasteiger partial charge in [-0.05, 0) is 18.9 Å². The number of nitrogens with zero attached hydrogens (tertiary/aromatic N) is 1. The van der Waals surface area contributed by atoms with E-state index in [1.807, 2.05) is 37.3 Å². The maximum atomic E-state index is 11.9. The second-order valence-electron chi connectivity index (χ2n) is 4.13. The first kappa shape index (κ1) is 13.9. The fourth-order valence-electron chi connectivity index (χ4n) is 1.61. The van der Waals surface area contributed by atoms with Gasteiger partial charge < -0.3 is 5.73 Å². The summed E-state index contributed by atoms with van der Waals surface area (Å²) in [5, 5.41) is 3.63. The molecule has 1 aromatic rings. The number of amides is 2. The predicted octanol–water partition coefficient (Wildman–Crippen LogP) is 1.48. The second-order valence-corrected chi connectivity index (χ2v) is 4.13. The topological polar surface area (TPSA) is 84.5 Å². The molecule has 0 aromatic heterocycles. The summed E-state index contributed by atoms with van der Waals surface area (Å²) in [5.41, 5.74) is 8.26. The van der Waals surface area contributed by atoms with Crippen LogP contribution in [0.3, 0.4) is 0 Å². The van der Waals surface area contributed by atoms with E-state index in [1.54, 1.807) is 6.92 Å². The number of carbonyl (C=O) groups excluding carboxylic acids is 2. The summed E-state index contributed by atoms with van der Waals surface area (Å²) < 4.78 is 0. The number of hydrogen-bond acceptors (Lipinski definition) is 3. The van der Waals surface area contributed by atoms with Crippen LogP contribution in [-0.4, -0.2) is 17.5 Å². The minimum atomic E-state index is -0.780. The summed E-state index contributed by atoms with van der Waals surface area (Å²) in [6.07, 6.45) is 0.642. The minimum absolute atomic E-state index is 0.104. The first-order chi connectivity index (χ1) is 8.50. The molecule has 0 saturated carbocycles. The molecular formula is C13H17N3O2. The monoisotopic (exact) mass is 247 g/mol. The van der Waals surface area contributed by atoms with Gasteiger partial charge in [-0.3, -0.25) is 4.79 Å². The van der Waals surface area contributed by atoms with Gasteiger partial charge in [-0.2, -0.15) is 5.10 Å². The van der Waals surface area contributed by atoms with Crippen molar-refractivity contribution in [3.05, 3.63) is 35.9 Å². The SMILES string of the molecule is CC(=NNC(N)=O)C(=O)[C@@H](C)Cc1ccccc1. The zero-order valence-electron chi connectivity index (χ0n) is 10.5. The molecule has 3 N–H and O–H groups in total. The molecular weight excluding hydrogens is 230 g/mol. The standard InChI is InChI=1S/C13H17N3O2/c1-9(8-11-6-4-3-5-7-11)12(17)10(2)15-16-13(14)18/h3-7,9H,8H2,1-2H3,(H3,14,16,18)/t9-/m0/s1. The van der Waals surface area contributed by atoms with Crippen molar-refractivity contribution in [1.29, 1.82) is 0 Å². The highest BCUT2D eigenvalue weighted by molar-refractivity contribution is 6.39. The van der Waals surface area contributed by atoms with Crippen LogP contribution in [0.2, 0.25) is 0 Å². The van der Waals surface area contributed by atoms with Gasteiger partial charge in [0.15, 0.2) is 5.78 Å². The van der Waals surface area contributed by atoms with Crippen molar-refractivity contribution in [3.8, 4) is 0 Å². The molecule has 5 nitrogen and oxygen atoms in total. The number of carbonyl (C=O) groups is 2. The van der Waals surface area contributed by atoms with Gasteiger partial charge >= 0.3 is 6.03 Å². The highest BCUT2D eigenvalue weighted by Gasteiger charge is 2.16. The summed E-state index contributed by atoms with van der Waals surface area (Å²) in [7, 11) is 0. The third kappa shape index (κ3) is 4.37. The van der Waals surface area contributed by atoms with Gasteiger partial charge in [0.1, 0.15) is 5.71 Å². The molecule has 0 unspecified atom stereocenters. The van der Waals surface area contributed by atoms with E-state index in [-0.39, 0.29) is 17.4 Å². The Balaban J connectivity index is 2.61. The van der Waals surface area contributed by atoms with Crippen molar-refractivity contribution < 1.29 is 9.59 Å². The third-order valence-corrected chi connectivity index (χ3v) is 2.52. The molecule has 1 atom stereocenters. The van der Waals surface area contributed by atoms with E-state index in [9.17, 15) is 9.59 Å². The van der Waals surface area contributed by atoms with Gasteiger partial charge in [0.05, 0.1) is 0 Å². The predicted molar refractivity (Wildman–Crippen MR) is 70.1 cm³/mol. The Morgan fingerprint density at radius 1 is 1.33 bits per heavy atom. The van der Waals surface area contributed by atoms with Crippen molar-refractivity contribution in [3.63, 3.8) is 0 Å². The summed E-state index contributed by atoms with van der Waals surface area (Å²) >= 11 is 0. The maximum absolute atomic E-state index is 11.9. The van der Waals surface area contributed by atoms with Gasteiger partial charge in [0, 0.05) is 5.92 Å². The van der Waals surface area contributed by atoms with E-state index < -0.39 is 6.03 Å². The lowest BCUT2D eigenvalue weighted by molar-refractivity contribution is -0.116. The number of nitrogens with two attached hydrogens (primary N) is 1. The Morgan fingerprint density at radius 2 is 1.94 bits per heavy atom. The average molecular weight is 247 g/mol. The van der Waals surface area contributed by atoms with E-state index in [0.717, 1.165) is 5.56 Å². The highest BCUT2D eigenvalue weighted by atomic mass is 16.2. The third-order valence-electron chi connectivity index (χ3n) is 2.52. The van der Waals surface area contributed by atoms with Crippen LogP contribution in [0.1, 0.15) is 19.4 Å². The van der Waals surface area contributed by atoms with E-state index in [0.29, 0.717) is 6.42 Å². The Morgan fingerprint density at radius 3 is 2.50 bits per heavy atom. The van der Waals surface area contributed by atoms with Gasteiger partial charge in [0.2, 0.25) is 0 Å². The molecule has 0 heterocycles. The molecule has 0 aliphatic heterocycles. The Labute approximate surface area is 106 Å². The molecule has 18 heavy (non-hydrogen) atoms. The quantitative estimate of drug-likeness (QED) is 0.610. The van der Waals surface area contributed by atoms with Crippen LogP contribution in [0.4, 0.5) is 4.79 Å². The second kappa shape index (κ2) is 6.54. The van der Waals surface area contributed by atoms with Crippen LogP contribution in [-0.2, 0) is 11.2 Å². The van der Waals surface area contributed by atoms with Crippen molar-refractivity contribution >= 4 is 17.5 Å². The van der Waals surface area contributed by atoms with Crippen molar-refractivity contribution in [2.24, 2.45) is 16.8 Å². The van der Waals surface area contributed by atoms with Gasteiger partial charge in [-0.25, -0.2) is 10.2 Å². The number of nitrogens with one attached hydrogen (secondary N) is 1. The molecule has 0 aliphatic rings. The average Bonchev–Trinajstić information content (AvgIpc) is 2.36. The molecule has 1 rings (SSSR count). The molecule has 96 valence electrons. The number of hydrazone groups is 1. The number of rotatable bonds is 5.